The Morgan fingerprint density at radius 3 is 2.48 bits per heavy atom. The molecule has 128 valence electrons. The van der Waals surface area contributed by atoms with Crippen LogP contribution in [0.5, 0.6) is 0 Å². The first kappa shape index (κ1) is 17.8. The summed E-state index contributed by atoms with van der Waals surface area (Å²) in [5, 5.41) is 0. The predicted octanol–water partition coefficient (Wildman–Crippen LogP) is 3.38. The molecule has 1 aromatic heterocycles. The Morgan fingerprint density at radius 2 is 1.91 bits per heavy atom. The zero-order valence-corrected chi connectivity index (χ0v) is 15.5. The van der Waals surface area contributed by atoms with Crippen LogP contribution in [0.25, 0.3) is 0 Å². The van der Waals surface area contributed by atoms with E-state index >= 15 is 0 Å². The topological polar surface area (TPSA) is 42.3 Å². The van der Waals surface area contributed by atoms with Gasteiger partial charge in [-0.15, -0.1) is 0 Å². The number of likely N-dealkylation sites (N-methyl/N-ethyl adjacent to an activating group) is 1. The van der Waals surface area contributed by atoms with Crippen molar-refractivity contribution in [3.05, 3.63) is 22.5 Å². The number of aromatic nitrogens is 1. The molecule has 23 heavy (non-hydrogen) atoms. The Labute approximate surface area is 139 Å². The molecule has 0 fully saturated rings. The number of amides is 1. The fourth-order valence-corrected chi connectivity index (χ4v) is 3.61. The maximum Gasteiger partial charge on any atom is 0.226 e. The summed E-state index contributed by atoms with van der Waals surface area (Å²) in [6.07, 6.45) is 2.84. The van der Waals surface area contributed by atoms with Crippen molar-refractivity contribution in [2.45, 2.75) is 66.8 Å². The zero-order chi connectivity index (χ0) is 17.4. The lowest BCUT2D eigenvalue weighted by Crippen LogP contribution is -2.30. The van der Waals surface area contributed by atoms with Crippen LogP contribution in [-0.4, -0.2) is 34.7 Å². The second-order valence-corrected chi connectivity index (χ2v) is 7.56. The number of rotatable bonds is 5. The lowest BCUT2D eigenvalue weighted by molar-refractivity contribution is -0.128. The third-order valence-electron chi connectivity index (χ3n) is 5.00. The SMILES string of the molecule is CCCn1c(C)c(CC(=O)N(C)CC)c2c1CC(C)(C)CC2=O. The van der Waals surface area contributed by atoms with Crippen molar-refractivity contribution in [3.8, 4) is 0 Å². The van der Waals surface area contributed by atoms with Crippen LogP contribution in [0.1, 0.15) is 67.8 Å². The molecule has 0 radical (unpaired) electrons. The summed E-state index contributed by atoms with van der Waals surface area (Å²) in [6.45, 7) is 12.1. The first-order valence-electron chi connectivity index (χ1n) is 8.69. The molecule has 0 spiro atoms. The lowest BCUT2D eigenvalue weighted by atomic mass is 9.75. The van der Waals surface area contributed by atoms with Gasteiger partial charge in [0.2, 0.25) is 5.91 Å². The minimum Gasteiger partial charge on any atom is -0.348 e. The van der Waals surface area contributed by atoms with E-state index in [2.05, 4.69) is 32.3 Å². The number of nitrogens with zero attached hydrogens (tertiary/aromatic N) is 2. The summed E-state index contributed by atoms with van der Waals surface area (Å²) in [4.78, 5) is 26.9. The molecule has 4 heteroatoms. The van der Waals surface area contributed by atoms with Crippen molar-refractivity contribution in [1.82, 2.24) is 9.47 Å². The highest BCUT2D eigenvalue weighted by molar-refractivity contribution is 6.01. The molecule has 0 aromatic carbocycles. The minimum atomic E-state index is 0.00184. The monoisotopic (exact) mass is 318 g/mol. The summed E-state index contributed by atoms with van der Waals surface area (Å²) in [7, 11) is 1.82. The molecule has 1 aliphatic rings. The third-order valence-corrected chi connectivity index (χ3v) is 5.00. The first-order chi connectivity index (χ1) is 10.7. The van der Waals surface area contributed by atoms with Gasteiger partial charge in [0.05, 0.1) is 6.42 Å². The number of carbonyl (C=O) groups excluding carboxylic acids is 2. The Balaban J connectivity index is 2.52. The van der Waals surface area contributed by atoms with Crippen LogP contribution < -0.4 is 0 Å². The molecule has 1 aromatic rings. The summed E-state index contributed by atoms with van der Waals surface area (Å²) in [5.74, 6) is 0.292. The molecule has 1 heterocycles. The maximum absolute atomic E-state index is 12.8. The number of fused-ring (bicyclic) bond motifs is 1. The highest BCUT2D eigenvalue weighted by Gasteiger charge is 2.36. The van der Waals surface area contributed by atoms with Crippen molar-refractivity contribution in [2.75, 3.05) is 13.6 Å². The number of Topliss-reactive ketones (excluding diaryl/α,β-unsaturated/α-hetero) is 1. The lowest BCUT2D eigenvalue weighted by Gasteiger charge is -2.30. The Kier molecular flexibility index (Phi) is 5.02. The van der Waals surface area contributed by atoms with Gasteiger partial charge in [-0.1, -0.05) is 20.8 Å². The summed E-state index contributed by atoms with van der Waals surface area (Å²) >= 11 is 0. The van der Waals surface area contributed by atoms with E-state index in [-0.39, 0.29) is 17.1 Å². The Morgan fingerprint density at radius 1 is 1.26 bits per heavy atom. The average Bonchev–Trinajstić information content (AvgIpc) is 2.71. The van der Waals surface area contributed by atoms with E-state index in [1.54, 1.807) is 4.90 Å². The van der Waals surface area contributed by atoms with E-state index in [9.17, 15) is 9.59 Å². The van der Waals surface area contributed by atoms with Gasteiger partial charge in [0.25, 0.3) is 0 Å². The molecule has 1 aliphatic carbocycles. The number of ketones is 1. The summed E-state index contributed by atoms with van der Waals surface area (Å²) in [6, 6.07) is 0. The normalized spacial score (nSPS) is 16.3. The number of hydrogen-bond acceptors (Lipinski definition) is 2. The van der Waals surface area contributed by atoms with Gasteiger partial charge in [-0.05, 0) is 37.7 Å². The smallest absolute Gasteiger partial charge is 0.226 e. The molecule has 0 saturated carbocycles. The van der Waals surface area contributed by atoms with Crippen molar-refractivity contribution in [3.63, 3.8) is 0 Å². The van der Waals surface area contributed by atoms with Crippen molar-refractivity contribution >= 4 is 11.7 Å². The van der Waals surface area contributed by atoms with Gasteiger partial charge < -0.3 is 9.47 Å². The van der Waals surface area contributed by atoms with Gasteiger partial charge >= 0.3 is 0 Å². The van der Waals surface area contributed by atoms with Crippen molar-refractivity contribution in [2.24, 2.45) is 5.41 Å². The zero-order valence-electron chi connectivity index (χ0n) is 15.5. The standard InChI is InChI=1S/C19H30N2O2/c1-7-9-21-13(3)14(10-17(23)20(6)8-2)18-15(21)11-19(4,5)12-16(18)22/h7-12H2,1-6H3. The minimum absolute atomic E-state index is 0.00184. The molecule has 0 aliphatic heterocycles. The van der Waals surface area contributed by atoms with E-state index < -0.39 is 0 Å². The molecule has 0 saturated heterocycles. The van der Waals surface area contributed by atoms with Gasteiger partial charge in [-0.3, -0.25) is 9.59 Å². The van der Waals surface area contributed by atoms with Gasteiger partial charge in [0.1, 0.15) is 0 Å². The molecule has 0 bridgehead atoms. The first-order valence-corrected chi connectivity index (χ1v) is 8.69. The molecular weight excluding hydrogens is 288 g/mol. The molecule has 0 N–H and O–H groups in total. The fraction of sp³-hybridized carbons (Fsp3) is 0.684. The van der Waals surface area contributed by atoms with Gasteiger partial charge in [-0.25, -0.2) is 0 Å². The molecule has 2 rings (SSSR count). The van der Waals surface area contributed by atoms with E-state index in [4.69, 9.17) is 0 Å². The summed E-state index contributed by atoms with van der Waals surface area (Å²) in [5.41, 5.74) is 4.04. The number of hydrogen-bond donors (Lipinski definition) is 0. The van der Waals surface area contributed by atoms with E-state index in [1.807, 2.05) is 14.0 Å². The number of carbonyl (C=O) groups is 2. The van der Waals surface area contributed by atoms with E-state index in [0.717, 1.165) is 41.9 Å². The second-order valence-electron chi connectivity index (χ2n) is 7.56. The van der Waals surface area contributed by atoms with Gasteiger partial charge in [-0.2, -0.15) is 0 Å². The Hall–Kier alpha value is -1.58. The molecular formula is C19H30N2O2. The van der Waals surface area contributed by atoms with Crippen LogP contribution in [0.3, 0.4) is 0 Å². The van der Waals surface area contributed by atoms with Crippen LogP contribution in [-0.2, 0) is 24.2 Å². The van der Waals surface area contributed by atoms with E-state index in [1.165, 1.54) is 0 Å². The summed E-state index contributed by atoms with van der Waals surface area (Å²) < 4.78 is 2.28. The molecule has 0 unspecified atom stereocenters. The fourth-order valence-electron chi connectivity index (χ4n) is 3.61. The third kappa shape index (κ3) is 3.36. The highest BCUT2D eigenvalue weighted by atomic mass is 16.2. The van der Waals surface area contributed by atoms with Crippen LogP contribution >= 0.6 is 0 Å². The van der Waals surface area contributed by atoms with Crippen LogP contribution in [0.2, 0.25) is 0 Å². The van der Waals surface area contributed by atoms with Crippen LogP contribution in [0.15, 0.2) is 0 Å². The molecule has 0 atom stereocenters. The maximum atomic E-state index is 12.8. The Bertz CT molecular complexity index is 626. The van der Waals surface area contributed by atoms with Crippen LogP contribution in [0, 0.1) is 12.3 Å². The van der Waals surface area contributed by atoms with Gasteiger partial charge in [0.15, 0.2) is 5.78 Å². The molecule has 1 amide bonds. The average molecular weight is 318 g/mol. The van der Waals surface area contributed by atoms with Crippen molar-refractivity contribution < 1.29 is 9.59 Å². The van der Waals surface area contributed by atoms with Crippen molar-refractivity contribution in [1.29, 1.82) is 0 Å². The van der Waals surface area contributed by atoms with Crippen LogP contribution in [0.4, 0.5) is 0 Å². The molecule has 4 nitrogen and oxygen atoms in total. The highest BCUT2D eigenvalue weighted by Crippen LogP contribution is 2.39. The van der Waals surface area contributed by atoms with Gasteiger partial charge in [0, 0.05) is 43.5 Å². The second kappa shape index (κ2) is 6.50. The quantitative estimate of drug-likeness (QED) is 0.835. The van der Waals surface area contributed by atoms with E-state index in [0.29, 0.717) is 19.4 Å². The predicted molar refractivity (Wildman–Crippen MR) is 92.9 cm³/mol. The largest absolute Gasteiger partial charge is 0.348 e.